The molecule has 2 heterocycles. The zero-order valence-electron chi connectivity index (χ0n) is 11.0. The number of pyridine rings is 1. The Labute approximate surface area is 118 Å². The zero-order valence-corrected chi connectivity index (χ0v) is 11.9. The van der Waals surface area contributed by atoms with Crippen LogP contribution in [0.1, 0.15) is 30.0 Å². The van der Waals surface area contributed by atoms with E-state index in [4.69, 9.17) is 0 Å². The third-order valence-electron chi connectivity index (χ3n) is 3.68. The highest BCUT2D eigenvalue weighted by Gasteiger charge is 2.22. The van der Waals surface area contributed by atoms with Gasteiger partial charge in [-0.05, 0) is 36.2 Å². The molecular formula is C16H18N2S. The summed E-state index contributed by atoms with van der Waals surface area (Å²) in [5.74, 6) is 1.82. The molecule has 0 saturated heterocycles. The number of benzene rings is 1. The molecule has 1 aromatic carbocycles. The maximum Gasteiger partial charge on any atom is 0.0293 e. The summed E-state index contributed by atoms with van der Waals surface area (Å²) in [5, 5.41) is 3.64. The molecule has 0 spiro atoms. The SMILES string of the molecule is C[C@@H](NCC1CSc2ccccc21)c1ccncc1. The lowest BCUT2D eigenvalue weighted by Gasteiger charge is -2.17. The molecule has 3 heteroatoms. The van der Waals surface area contributed by atoms with Gasteiger partial charge in [-0.2, -0.15) is 0 Å². The Morgan fingerprint density at radius 2 is 2.05 bits per heavy atom. The first-order chi connectivity index (χ1) is 9.34. The van der Waals surface area contributed by atoms with Gasteiger partial charge in [0.05, 0.1) is 0 Å². The second-order valence-corrected chi connectivity index (χ2v) is 6.02. The highest BCUT2D eigenvalue weighted by molar-refractivity contribution is 7.99. The van der Waals surface area contributed by atoms with Crippen LogP contribution in [0.2, 0.25) is 0 Å². The molecule has 0 saturated carbocycles. The van der Waals surface area contributed by atoms with Crippen LogP contribution in [-0.4, -0.2) is 17.3 Å². The van der Waals surface area contributed by atoms with E-state index >= 15 is 0 Å². The second kappa shape index (κ2) is 5.76. The topological polar surface area (TPSA) is 24.9 Å². The van der Waals surface area contributed by atoms with Crippen LogP contribution in [0.4, 0.5) is 0 Å². The van der Waals surface area contributed by atoms with Crippen molar-refractivity contribution < 1.29 is 0 Å². The molecule has 0 aliphatic carbocycles. The molecule has 2 atom stereocenters. The Bertz CT molecular complexity index is 541. The summed E-state index contributed by atoms with van der Waals surface area (Å²) in [5.41, 5.74) is 2.80. The van der Waals surface area contributed by atoms with E-state index in [0.717, 1.165) is 6.54 Å². The van der Waals surface area contributed by atoms with E-state index in [1.165, 1.54) is 21.8 Å². The molecule has 2 aromatic rings. The largest absolute Gasteiger partial charge is 0.310 e. The van der Waals surface area contributed by atoms with Crippen LogP contribution >= 0.6 is 11.8 Å². The van der Waals surface area contributed by atoms with Crippen molar-refractivity contribution in [1.82, 2.24) is 10.3 Å². The van der Waals surface area contributed by atoms with Crippen LogP contribution < -0.4 is 5.32 Å². The van der Waals surface area contributed by atoms with Gasteiger partial charge >= 0.3 is 0 Å². The molecule has 2 nitrogen and oxygen atoms in total. The maximum absolute atomic E-state index is 4.06. The third kappa shape index (κ3) is 2.82. The monoisotopic (exact) mass is 270 g/mol. The van der Waals surface area contributed by atoms with Crippen LogP contribution in [0.25, 0.3) is 0 Å². The lowest BCUT2D eigenvalue weighted by molar-refractivity contribution is 0.540. The summed E-state index contributed by atoms with van der Waals surface area (Å²) in [4.78, 5) is 5.51. The fourth-order valence-corrected chi connectivity index (χ4v) is 3.74. The van der Waals surface area contributed by atoms with E-state index in [1.54, 1.807) is 0 Å². The van der Waals surface area contributed by atoms with Crippen molar-refractivity contribution in [2.75, 3.05) is 12.3 Å². The molecule has 3 rings (SSSR count). The summed E-state index contributed by atoms with van der Waals surface area (Å²) < 4.78 is 0. The van der Waals surface area contributed by atoms with Gasteiger partial charge in [-0.15, -0.1) is 11.8 Å². The molecule has 1 unspecified atom stereocenters. The van der Waals surface area contributed by atoms with Crippen molar-refractivity contribution >= 4 is 11.8 Å². The molecule has 1 aliphatic heterocycles. The van der Waals surface area contributed by atoms with E-state index in [0.29, 0.717) is 12.0 Å². The highest BCUT2D eigenvalue weighted by Crippen LogP contribution is 2.39. The number of hydrogen-bond acceptors (Lipinski definition) is 3. The molecule has 0 bridgehead atoms. The maximum atomic E-state index is 4.06. The van der Waals surface area contributed by atoms with Crippen LogP contribution in [0.5, 0.6) is 0 Å². The second-order valence-electron chi connectivity index (χ2n) is 4.96. The minimum absolute atomic E-state index is 0.376. The fourth-order valence-electron chi connectivity index (χ4n) is 2.49. The summed E-state index contributed by atoms with van der Waals surface area (Å²) in [6.45, 7) is 3.25. The van der Waals surface area contributed by atoms with Gasteiger partial charge in [0, 0.05) is 41.5 Å². The van der Waals surface area contributed by atoms with E-state index in [9.17, 15) is 0 Å². The molecule has 1 aliphatic rings. The van der Waals surface area contributed by atoms with Gasteiger partial charge < -0.3 is 5.32 Å². The van der Waals surface area contributed by atoms with Gasteiger partial charge in [0.2, 0.25) is 0 Å². The Hall–Kier alpha value is -1.32. The van der Waals surface area contributed by atoms with Gasteiger partial charge in [0.25, 0.3) is 0 Å². The number of fused-ring (bicyclic) bond motifs is 1. The van der Waals surface area contributed by atoms with E-state index in [2.05, 4.69) is 53.6 Å². The number of nitrogens with zero attached hydrogens (tertiary/aromatic N) is 1. The molecule has 0 amide bonds. The average molecular weight is 270 g/mol. The van der Waals surface area contributed by atoms with E-state index in [-0.39, 0.29) is 0 Å². The summed E-state index contributed by atoms with van der Waals surface area (Å²) in [7, 11) is 0. The van der Waals surface area contributed by atoms with Gasteiger partial charge in [-0.1, -0.05) is 18.2 Å². The molecule has 0 fully saturated rings. The van der Waals surface area contributed by atoms with Crippen molar-refractivity contribution in [3.63, 3.8) is 0 Å². The first kappa shape index (κ1) is 12.7. The minimum atomic E-state index is 0.376. The molecular weight excluding hydrogens is 252 g/mol. The molecule has 0 radical (unpaired) electrons. The van der Waals surface area contributed by atoms with Crippen molar-refractivity contribution in [1.29, 1.82) is 0 Å². The molecule has 19 heavy (non-hydrogen) atoms. The standard InChI is InChI=1S/C16H18N2S/c1-12(13-6-8-17-9-7-13)18-10-14-11-19-16-5-3-2-4-15(14)16/h2-9,12,14,18H,10-11H2,1H3/t12-,14?/m1/s1. The van der Waals surface area contributed by atoms with Crippen molar-refractivity contribution in [3.05, 3.63) is 59.9 Å². The van der Waals surface area contributed by atoms with Crippen LogP contribution in [-0.2, 0) is 0 Å². The smallest absolute Gasteiger partial charge is 0.0293 e. The molecule has 98 valence electrons. The first-order valence-corrected chi connectivity index (χ1v) is 7.68. The van der Waals surface area contributed by atoms with Crippen molar-refractivity contribution in [3.8, 4) is 0 Å². The Morgan fingerprint density at radius 1 is 1.26 bits per heavy atom. The quantitative estimate of drug-likeness (QED) is 0.918. The number of thioether (sulfide) groups is 1. The number of nitrogens with one attached hydrogen (secondary N) is 1. The zero-order chi connectivity index (χ0) is 13.1. The van der Waals surface area contributed by atoms with Gasteiger partial charge in [0.1, 0.15) is 0 Å². The highest BCUT2D eigenvalue weighted by atomic mass is 32.2. The normalized spacial score (nSPS) is 19.1. The van der Waals surface area contributed by atoms with E-state index in [1.807, 2.05) is 24.2 Å². The first-order valence-electron chi connectivity index (χ1n) is 6.69. The number of aromatic nitrogens is 1. The molecule has 1 N–H and O–H groups in total. The molecule has 1 aromatic heterocycles. The summed E-state index contributed by atoms with van der Waals surface area (Å²) >= 11 is 1.97. The van der Waals surface area contributed by atoms with E-state index < -0.39 is 0 Å². The predicted octanol–water partition coefficient (Wildman–Crippen LogP) is 3.62. The van der Waals surface area contributed by atoms with Crippen LogP contribution in [0, 0.1) is 0 Å². The lowest BCUT2D eigenvalue weighted by atomic mass is 10.0. The van der Waals surface area contributed by atoms with Crippen molar-refractivity contribution in [2.45, 2.75) is 23.8 Å². The lowest BCUT2D eigenvalue weighted by Crippen LogP contribution is -2.24. The Kier molecular flexibility index (Phi) is 3.85. The number of rotatable bonds is 4. The fraction of sp³-hybridized carbons (Fsp3) is 0.312. The summed E-state index contributed by atoms with van der Waals surface area (Å²) in [6.07, 6.45) is 3.71. The average Bonchev–Trinajstić information content (AvgIpc) is 2.89. The van der Waals surface area contributed by atoms with Gasteiger partial charge in [-0.25, -0.2) is 0 Å². The Balaban J connectivity index is 1.62. The predicted molar refractivity (Wildman–Crippen MR) is 80.6 cm³/mol. The van der Waals surface area contributed by atoms with Gasteiger partial charge in [0.15, 0.2) is 0 Å². The van der Waals surface area contributed by atoms with Crippen molar-refractivity contribution in [2.24, 2.45) is 0 Å². The Morgan fingerprint density at radius 3 is 2.89 bits per heavy atom. The summed E-state index contributed by atoms with van der Waals surface area (Å²) in [6, 6.07) is 13.3. The van der Waals surface area contributed by atoms with Crippen LogP contribution in [0.3, 0.4) is 0 Å². The number of hydrogen-bond donors (Lipinski definition) is 1. The minimum Gasteiger partial charge on any atom is -0.310 e. The third-order valence-corrected chi connectivity index (χ3v) is 4.93. The van der Waals surface area contributed by atoms with Crippen LogP contribution in [0.15, 0.2) is 53.7 Å². The van der Waals surface area contributed by atoms with Gasteiger partial charge in [-0.3, -0.25) is 4.98 Å².